The maximum Gasteiger partial charge on any atom is 0.262 e. The predicted octanol–water partition coefficient (Wildman–Crippen LogP) is 3.55. The Morgan fingerprint density at radius 1 is 1.15 bits per heavy atom. The van der Waals surface area contributed by atoms with Gasteiger partial charge in [0.05, 0.1) is 4.90 Å². The van der Waals surface area contributed by atoms with Crippen LogP contribution in [-0.2, 0) is 14.8 Å². The highest BCUT2D eigenvalue weighted by atomic mass is 79.9. The molecule has 1 amide bonds. The van der Waals surface area contributed by atoms with Crippen LogP contribution >= 0.6 is 15.9 Å². The monoisotopic (exact) mass is 440 g/mol. The zero-order valence-corrected chi connectivity index (χ0v) is 16.8. The molecule has 2 rings (SSSR count). The number of nitrogens with one attached hydrogen (secondary N) is 2. The number of unbranched alkanes of at least 4 members (excludes halogenated alkanes) is 1. The molecule has 26 heavy (non-hydrogen) atoms. The van der Waals surface area contributed by atoms with Gasteiger partial charge in [-0.1, -0.05) is 35.3 Å². The summed E-state index contributed by atoms with van der Waals surface area (Å²) in [5, 5.41) is 2.64. The Kier molecular flexibility index (Phi) is 7.62. The molecular weight excluding hydrogens is 420 g/mol. The van der Waals surface area contributed by atoms with Gasteiger partial charge in [-0.3, -0.25) is 4.79 Å². The van der Waals surface area contributed by atoms with Crippen LogP contribution in [0.4, 0.5) is 5.69 Å². The zero-order chi connectivity index (χ0) is 19.0. The molecule has 0 aliphatic heterocycles. The summed E-state index contributed by atoms with van der Waals surface area (Å²) >= 11 is 3.32. The third kappa shape index (κ3) is 6.44. The van der Waals surface area contributed by atoms with E-state index in [0.29, 0.717) is 18.0 Å². The van der Waals surface area contributed by atoms with E-state index in [2.05, 4.69) is 26.0 Å². The van der Waals surface area contributed by atoms with Gasteiger partial charge in [-0.2, -0.15) is 0 Å². The standard InChI is InChI=1S/C18H21BrN2O4S/c1-2-3-11-20-26(23,24)17-6-4-5-15(12-17)21-18(22)13-25-16-9-7-14(19)8-10-16/h4-10,12,20H,2-3,11,13H2,1H3,(H,21,22). The van der Waals surface area contributed by atoms with E-state index in [0.717, 1.165) is 17.3 Å². The Hall–Kier alpha value is -1.90. The highest BCUT2D eigenvalue weighted by Gasteiger charge is 2.14. The van der Waals surface area contributed by atoms with Crippen molar-refractivity contribution in [1.82, 2.24) is 4.72 Å². The van der Waals surface area contributed by atoms with Crippen LogP contribution in [0.2, 0.25) is 0 Å². The van der Waals surface area contributed by atoms with E-state index in [1.165, 1.54) is 12.1 Å². The van der Waals surface area contributed by atoms with Crippen molar-refractivity contribution in [3.05, 3.63) is 53.0 Å². The number of ether oxygens (including phenoxy) is 1. The first-order chi connectivity index (χ1) is 12.4. The van der Waals surface area contributed by atoms with Crippen LogP contribution in [0.25, 0.3) is 0 Å². The molecule has 140 valence electrons. The molecular formula is C18H21BrN2O4S. The van der Waals surface area contributed by atoms with Gasteiger partial charge in [0.15, 0.2) is 6.61 Å². The summed E-state index contributed by atoms with van der Waals surface area (Å²) in [6, 6.07) is 13.2. The summed E-state index contributed by atoms with van der Waals surface area (Å²) in [7, 11) is -3.59. The summed E-state index contributed by atoms with van der Waals surface area (Å²) in [5.41, 5.74) is 0.396. The Morgan fingerprint density at radius 3 is 2.58 bits per heavy atom. The number of carbonyl (C=O) groups is 1. The second kappa shape index (κ2) is 9.70. The molecule has 0 unspecified atom stereocenters. The normalized spacial score (nSPS) is 11.2. The molecule has 0 aliphatic carbocycles. The lowest BCUT2D eigenvalue weighted by Crippen LogP contribution is -2.25. The summed E-state index contributed by atoms with van der Waals surface area (Å²) in [5.74, 6) is 0.196. The van der Waals surface area contributed by atoms with Gasteiger partial charge in [-0.05, 0) is 48.9 Å². The van der Waals surface area contributed by atoms with Crippen LogP contribution in [0.3, 0.4) is 0 Å². The minimum absolute atomic E-state index is 0.111. The molecule has 0 saturated carbocycles. The Balaban J connectivity index is 1.94. The average Bonchev–Trinajstić information content (AvgIpc) is 2.61. The summed E-state index contributed by atoms with van der Waals surface area (Å²) in [6.07, 6.45) is 1.67. The first kappa shape index (κ1) is 20.4. The predicted molar refractivity (Wildman–Crippen MR) is 105 cm³/mol. The minimum Gasteiger partial charge on any atom is -0.484 e. The van der Waals surface area contributed by atoms with Crippen LogP contribution in [-0.4, -0.2) is 27.5 Å². The fourth-order valence-electron chi connectivity index (χ4n) is 2.08. The molecule has 0 aromatic heterocycles. The second-order valence-electron chi connectivity index (χ2n) is 5.57. The Bertz CT molecular complexity index is 839. The lowest BCUT2D eigenvalue weighted by molar-refractivity contribution is -0.118. The van der Waals surface area contributed by atoms with Gasteiger partial charge in [0.1, 0.15) is 5.75 Å². The molecule has 2 aromatic rings. The largest absolute Gasteiger partial charge is 0.484 e. The number of halogens is 1. The van der Waals surface area contributed by atoms with E-state index in [1.54, 1.807) is 24.3 Å². The Labute approximate surface area is 162 Å². The van der Waals surface area contributed by atoms with E-state index in [1.807, 2.05) is 19.1 Å². The lowest BCUT2D eigenvalue weighted by atomic mass is 10.3. The number of hydrogen-bond donors (Lipinski definition) is 2. The van der Waals surface area contributed by atoms with Gasteiger partial charge in [0, 0.05) is 16.7 Å². The maximum atomic E-state index is 12.2. The third-order valence-corrected chi connectivity index (χ3v) is 5.42. The van der Waals surface area contributed by atoms with E-state index < -0.39 is 10.0 Å². The SMILES string of the molecule is CCCCNS(=O)(=O)c1cccc(NC(=O)COc2ccc(Br)cc2)c1. The van der Waals surface area contributed by atoms with Crippen molar-refractivity contribution in [2.24, 2.45) is 0 Å². The number of rotatable bonds is 9. The van der Waals surface area contributed by atoms with E-state index in [-0.39, 0.29) is 17.4 Å². The topological polar surface area (TPSA) is 84.5 Å². The highest BCUT2D eigenvalue weighted by molar-refractivity contribution is 9.10. The van der Waals surface area contributed by atoms with E-state index >= 15 is 0 Å². The lowest BCUT2D eigenvalue weighted by Gasteiger charge is -2.10. The van der Waals surface area contributed by atoms with E-state index in [9.17, 15) is 13.2 Å². The summed E-state index contributed by atoms with van der Waals surface area (Å²) in [4.78, 5) is 12.1. The van der Waals surface area contributed by atoms with Crippen molar-refractivity contribution in [2.75, 3.05) is 18.5 Å². The van der Waals surface area contributed by atoms with Gasteiger partial charge < -0.3 is 10.1 Å². The molecule has 0 bridgehead atoms. The molecule has 8 heteroatoms. The molecule has 0 saturated heterocycles. The number of sulfonamides is 1. The molecule has 0 atom stereocenters. The van der Waals surface area contributed by atoms with Gasteiger partial charge in [-0.25, -0.2) is 13.1 Å². The molecule has 2 N–H and O–H groups in total. The summed E-state index contributed by atoms with van der Waals surface area (Å²) < 4.78 is 33.3. The van der Waals surface area contributed by atoms with Crippen LogP contribution in [0, 0.1) is 0 Å². The second-order valence-corrected chi connectivity index (χ2v) is 8.25. The van der Waals surface area contributed by atoms with Gasteiger partial charge in [0.2, 0.25) is 10.0 Å². The number of carbonyl (C=O) groups excluding carboxylic acids is 1. The highest BCUT2D eigenvalue weighted by Crippen LogP contribution is 2.17. The number of amides is 1. The summed E-state index contributed by atoms with van der Waals surface area (Å²) in [6.45, 7) is 2.20. The van der Waals surface area contributed by atoms with Gasteiger partial charge >= 0.3 is 0 Å². The molecule has 6 nitrogen and oxygen atoms in total. The first-order valence-corrected chi connectivity index (χ1v) is 10.5. The van der Waals surface area contributed by atoms with Crippen LogP contribution < -0.4 is 14.8 Å². The first-order valence-electron chi connectivity index (χ1n) is 8.18. The van der Waals surface area contributed by atoms with E-state index in [4.69, 9.17) is 4.74 Å². The van der Waals surface area contributed by atoms with Crippen LogP contribution in [0.5, 0.6) is 5.75 Å². The quantitative estimate of drug-likeness (QED) is 0.583. The molecule has 0 fully saturated rings. The molecule has 0 heterocycles. The van der Waals surface area contributed by atoms with Crippen molar-refractivity contribution in [1.29, 1.82) is 0 Å². The van der Waals surface area contributed by atoms with Gasteiger partial charge in [0.25, 0.3) is 5.91 Å². The molecule has 0 aliphatic rings. The van der Waals surface area contributed by atoms with Gasteiger partial charge in [-0.15, -0.1) is 0 Å². The van der Waals surface area contributed by atoms with Crippen molar-refractivity contribution >= 4 is 37.5 Å². The smallest absolute Gasteiger partial charge is 0.262 e. The fraction of sp³-hybridized carbons (Fsp3) is 0.278. The fourth-order valence-corrected chi connectivity index (χ4v) is 3.47. The molecule has 0 radical (unpaired) electrons. The number of hydrogen-bond acceptors (Lipinski definition) is 4. The van der Waals surface area contributed by atoms with Crippen molar-refractivity contribution in [2.45, 2.75) is 24.7 Å². The zero-order valence-electron chi connectivity index (χ0n) is 14.4. The van der Waals surface area contributed by atoms with Crippen molar-refractivity contribution in [3.63, 3.8) is 0 Å². The van der Waals surface area contributed by atoms with Crippen LogP contribution in [0.1, 0.15) is 19.8 Å². The molecule has 0 spiro atoms. The average molecular weight is 441 g/mol. The van der Waals surface area contributed by atoms with Crippen molar-refractivity contribution < 1.29 is 17.9 Å². The van der Waals surface area contributed by atoms with Crippen LogP contribution in [0.15, 0.2) is 57.9 Å². The number of benzene rings is 2. The molecule has 2 aromatic carbocycles. The number of anilines is 1. The maximum absolute atomic E-state index is 12.2. The van der Waals surface area contributed by atoms with Crippen molar-refractivity contribution in [3.8, 4) is 5.75 Å². The minimum atomic E-state index is -3.59. The Morgan fingerprint density at radius 2 is 1.88 bits per heavy atom. The third-order valence-electron chi connectivity index (χ3n) is 3.43.